The molecule has 0 bridgehead atoms. The molecule has 0 saturated heterocycles. The molecule has 0 fully saturated rings. The summed E-state index contributed by atoms with van der Waals surface area (Å²) >= 11 is 1.91. The summed E-state index contributed by atoms with van der Waals surface area (Å²) in [5, 5.41) is 3.52. The molecule has 0 N–H and O–H groups in total. The Balaban J connectivity index is 0.000000183. The van der Waals surface area contributed by atoms with Crippen molar-refractivity contribution in [3.63, 3.8) is 0 Å². The minimum atomic E-state index is 0. The van der Waals surface area contributed by atoms with Crippen molar-refractivity contribution in [1.29, 1.82) is 0 Å². The predicted octanol–water partition coefficient (Wildman–Crippen LogP) is 9.51. The molecule has 8 rings (SSSR count). The number of rotatable bonds is 2. The molecule has 0 radical (unpaired) electrons. The number of aromatic nitrogens is 2. The molecule has 4 heterocycles. The molecule has 1 aliphatic carbocycles. The third-order valence-electron chi connectivity index (χ3n) is 7.48. The fourth-order valence-electron chi connectivity index (χ4n) is 5.43. The quantitative estimate of drug-likeness (QED) is 0.167. The summed E-state index contributed by atoms with van der Waals surface area (Å²) in [7, 11) is 0. The monoisotopic (exact) mass is 728 g/mol. The average molecular weight is 728 g/mol. The van der Waals surface area contributed by atoms with Crippen molar-refractivity contribution in [3.8, 4) is 22.4 Å². The van der Waals surface area contributed by atoms with Gasteiger partial charge in [-0.2, -0.15) is 41.2 Å². The summed E-state index contributed by atoms with van der Waals surface area (Å²) in [5.41, 5.74) is 9.27. The molecule has 202 valence electrons. The van der Waals surface area contributed by atoms with Gasteiger partial charge >= 0.3 is 20.1 Å². The summed E-state index contributed by atoms with van der Waals surface area (Å²) in [6.45, 7) is 4.02. The molecule has 0 unspecified atom stereocenters. The van der Waals surface area contributed by atoms with E-state index in [9.17, 15) is 0 Å². The minimum Gasteiger partial charge on any atom is -0.496 e. The summed E-state index contributed by atoms with van der Waals surface area (Å²) in [4.78, 5) is 10.4. The molecule has 0 amide bonds. The third kappa shape index (κ3) is 5.38. The van der Waals surface area contributed by atoms with Crippen molar-refractivity contribution in [2.24, 2.45) is 0 Å². The molecule has 3 nitrogen and oxygen atoms in total. The first-order chi connectivity index (χ1) is 19.6. The second kappa shape index (κ2) is 11.7. The maximum absolute atomic E-state index is 6.15. The molecule has 0 spiro atoms. The Morgan fingerprint density at radius 1 is 0.805 bits per heavy atom. The largest absolute Gasteiger partial charge is 3.00 e. The molecular weight excluding hydrogens is 701 g/mol. The summed E-state index contributed by atoms with van der Waals surface area (Å²) < 4.78 is 7.41. The standard InChI is InChI=1S/C24H17NOS.C12H10N.Ir/c1-14-9-11-20-19-7-4-6-16(23(19)26-24(20)25-14)15-10-12-18-17-5-2-3-8-21(17)27-22(18)13-15;1-10-7-8-12(13-9-10)11-5-3-2-4-6-11;/h4,7,9-12H,2-3,5,8H2,1H3;2-5,7-9H,1H3;/q-2;-1;+3. The van der Waals surface area contributed by atoms with Gasteiger partial charge in [0.2, 0.25) is 5.71 Å². The van der Waals surface area contributed by atoms with Crippen LogP contribution in [0.1, 0.15) is 34.5 Å². The Hall–Kier alpha value is -3.63. The van der Waals surface area contributed by atoms with Crippen LogP contribution in [-0.4, -0.2) is 9.97 Å². The number of hydrogen-bond donors (Lipinski definition) is 0. The maximum atomic E-state index is 6.15. The number of benzene rings is 3. The molecule has 0 atom stereocenters. The van der Waals surface area contributed by atoms with Crippen molar-refractivity contribution in [2.45, 2.75) is 39.5 Å². The Morgan fingerprint density at radius 2 is 1.68 bits per heavy atom. The van der Waals surface area contributed by atoms with E-state index < -0.39 is 0 Å². The van der Waals surface area contributed by atoms with Crippen molar-refractivity contribution in [3.05, 3.63) is 119 Å². The summed E-state index contributed by atoms with van der Waals surface area (Å²) in [5.74, 6) is 0. The molecule has 41 heavy (non-hydrogen) atoms. The van der Waals surface area contributed by atoms with E-state index >= 15 is 0 Å². The van der Waals surface area contributed by atoms with Gasteiger partial charge in [-0.05, 0) is 67.8 Å². The normalized spacial score (nSPS) is 12.5. The zero-order chi connectivity index (χ0) is 27.1. The number of fused-ring (bicyclic) bond motifs is 6. The van der Waals surface area contributed by atoms with Crippen LogP contribution in [0.4, 0.5) is 0 Å². The maximum Gasteiger partial charge on any atom is 3.00 e. The van der Waals surface area contributed by atoms with Crippen molar-refractivity contribution in [2.75, 3.05) is 0 Å². The van der Waals surface area contributed by atoms with Crippen molar-refractivity contribution < 1.29 is 24.5 Å². The number of furan rings is 1. The molecule has 0 aliphatic heterocycles. The molecule has 5 heteroatoms. The second-order valence-corrected chi connectivity index (χ2v) is 11.4. The number of hydrogen-bond acceptors (Lipinski definition) is 4. The van der Waals surface area contributed by atoms with E-state index in [2.05, 4.69) is 58.5 Å². The van der Waals surface area contributed by atoms with Gasteiger partial charge in [0.05, 0.1) is 0 Å². The van der Waals surface area contributed by atoms with E-state index in [4.69, 9.17) is 4.42 Å². The Labute approximate surface area is 257 Å². The van der Waals surface area contributed by atoms with Gasteiger partial charge in [-0.1, -0.05) is 33.2 Å². The zero-order valence-electron chi connectivity index (χ0n) is 22.9. The van der Waals surface area contributed by atoms with E-state index in [-0.39, 0.29) is 20.1 Å². The minimum absolute atomic E-state index is 0. The van der Waals surface area contributed by atoms with E-state index in [0.29, 0.717) is 5.71 Å². The molecule has 0 saturated carbocycles. The SMILES string of the molecule is Cc1ccc(-c2[c-]cccc2)nc1.Cc1ccc2c(n1)oc1c(-c3[c-]c4sc5c(c4cc3)CCCC5)[c-]ccc12.[Ir+3]. The van der Waals surface area contributed by atoms with Crippen molar-refractivity contribution in [1.82, 2.24) is 9.97 Å². The number of pyridine rings is 2. The van der Waals surface area contributed by atoms with Crippen LogP contribution >= 0.6 is 11.3 Å². The van der Waals surface area contributed by atoms with Gasteiger partial charge in [-0.25, -0.2) is 10.5 Å². The van der Waals surface area contributed by atoms with Gasteiger partial charge in [0.1, 0.15) is 0 Å². The Morgan fingerprint density at radius 3 is 2.51 bits per heavy atom. The number of thiophene rings is 1. The average Bonchev–Trinajstić information content (AvgIpc) is 3.55. The fraction of sp³-hybridized carbons (Fsp3) is 0.167. The van der Waals surface area contributed by atoms with Crippen LogP contribution in [0.15, 0.2) is 83.4 Å². The Bertz CT molecular complexity index is 1970. The first kappa shape index (κ1) is 27.5. The molecule has 7 aromatic rings. The summed E-state index contributed by atoms with van der Waals surface area (Å²) in [6.07, 6.45) is 6.91. The van der Waals surface area contributed by atoms with Crippen LogP contribution in [0.25, 0.3) is 54.5 Å². The second-order valence-electron chi connectivity index (χ2n) is 10.3. The van der Waals surface area contributed by atoms with Gasteiger partial charge in [-0.15, -0.1) is 48.0 Å². The van der Waals surface area contributed by atoms with E-state index in [1.165, 1.54) is 41.3 Å². The van der Waals surface area contributed by atoms with Crippen LogP contribution < -0.4 is 0 Å². The van der Waals surface area contributed by atoms with Crippen LogP contribution in [0.2, 0.25) is 0 Å². The molecule has 4 aromatic heterocycles. The van der Waals surface area contributed by atoms with Gasteiger partial charge in [-0.3, -0.25) is 0 Å². The zero-order valence-corrected chi connectivity index (χ0v) is 26.1. The van der Waals surface area contributed by atoms with Gasteiger partial charge in [0.15, 0.2) is 0 Å². The van der Waals surface area contributed by atoms with E-state index in [1.54, 1.807) is 10.4 Å². The van der Waals surface area contributed by atoms with Crippen LogP contribution in [0.5, 0.6) is 0 Å². The Kier molecular flexibility index (Phi) is 7.86. The van der Waals surface area contributed by atoms with Gasteiger partial charge in [0, 0.05) is 22.9 Å². The summed E-state index contributed by atoms with van der Waals surface area (Å²) in [6, 6.07) is 34.7. The molecular formula is C36H27IrN2OS. The third-order valence-corrected chi connectivity index (χ3v) is 8.70. The van der Waals surface area contributed by atoms with E-state index in [1.807, 2.05) is 73.8 Å². The predicted molar refractivity (Wildman–Crippen MR) is 165 cm³/mol. The topological polar surface area (TPSA) is 38.9 Å². The van der Waals surface area contributed by atoms with Crippen molar-refractivity contribution >= 4 is 43.5 Å². The molecule has 3 aromatic carbocycles. The van der Waals surface area contributed by atoms with Crippen LogP contribution in [0.3, 0.4) is 0 Å². The number of nitrogens with zero attached hydrogens (tertiary/aromatic N) is 2. The fourth-order valence-corrected chi connectivity index (χ4v) is 6.72. The first-order valence-electron chi connectivity index (χ1n) is 13.7. The number of aryl methyl sites for hydroxylation is 4. The van der Waals surface area contributed by atoms with Crippen LogP contribution in [0, 0.1) is 32.0 Å². The smallest absolute Gasteiger partial charge is 0.496 e. The van der Waals surface area contributed by atoms with Gasteiger partial charge in [0.25, 0.3) is 0 Å². The van der Waals surface area contributed by atoms with Crippen LogP contribution in [-0.2, 0) is 32.9 Å². The molecule has 1 aliphatic rings. The van der Waals surface area contributed by atoms with Gasteiger partial charge < -0.3 is 9.40 Å². The van der Waals surface area contributed by atoms with E-state index in [0.717, 1.165) is 44.4 Å². The first-order valence-corrected chi connectivity index (χ1v) is 14.5.